The number of rotatable bonds is 2. The van der Waals surface area contributed by atoms with E-state index >= 15 is 0 Å². The van der Waals surface area contributed by atoms with E-state index in [9.17, 15) is 5.11 Å². The molecule has 1 saturated carbocycles. The predicted octanol–water partition coefficient (Wildman–Crippen LogP) is 2.89. The Labute approximate surface area is 95.3 Å². The maximum absolute atomic E-state index is 9.57. The van der Waals surface area contributed by atoms with Crippen molar-refractivity contribution in [3.8, 4) is 0 Å². The quantitative estimate of drug-likeness (QED) is 0.794. The monoisotopic (exact) mass is 215 g/mol. The van der Waals surface area contributed by atoms with Crippen LogP contribution in [0.4, 0.5) is 0 Å². The number of fused-ring (bicyclic) bond motifs is 1. The Morgan fingerprint density at radius 3 is 2.81 bits per heavy atom. The highest BCUT2D eigenvalue weighted by molar-refractivity contribution is 5.83. The topological polar surface area (TPSA) is 36.0 Å². The third-order valence-electron chi connectivity index (χ3n) is 4.11. The molecule has 1 aromatic heterocycles. The van der Waals surface area contributed by atoms with Crippen molar-refractivity contribution in [3.05, 3.63) is 35.5 Å². The summed E-state index contributed by atoms with van der Waals surface area (Å²) in [6.07, 6.45) is 5.53. The standard InChI is InChI=1S/C14H17NO/c1-10-8-15-13-4-3-11(7-12(10)13)14(9-16)5-2-6-14/h3-4,7-8,15-16H,2,5-6,9H2,1H3. The highest BCUT2D eigenvalue weighted by Gasteiger charge is 2.38. The van der Waals surface area contributed by atoms with Crippen LogP contribution in [0.3, 0.4) is 0 Å². The van der Waals surface area contributed by atoms with Crippen LogP contribution in [0.25, 0.3) is 10.9 Å². The maximum Gasteiger partial charge on any atom is 0.0527 e. The summed E-state index contributed by atoms with van der Waals surface area (Å²) >= 11 is 0. The van der Waals surface area contributed by atoms with Gasteiger partial charge in [0.05, 0.1) is 6.61 Å². The number of aromatic amines is 1. The van der Waals surface area contributed by atoms with E-state index in [2.05, 4.69) is 30.1 Å². The Balaban J connectivity index is 2.13. The van der Waals surface area contributed by atoms with Crippen molar-refractivity contribution < 1.29 is 5.11 Å². The highest BCUT2D eigenvalue weighted by atomic mass is 16.3. The summed E-state index contributed by atoms with van der Waals surface area (Å²) in [5, 5.41) is 10.9. The molecule has 84 valence electrons. The van der Waals surface area contributed by atoms with E-state index < -0.39 is 0 Å². The Morgan fingerprint density at radius 1 is 1.38 bits per heavy atom. The van der Waals surface area contributed by atoms with Crippen LogP contribution in [0.5, 0.6) is 0 Å². The van der Waals surface area contributed by atoms with Crippen LogP contribution in [0.1, 0.15) is 30.4 Å². The summed E-state index contributed by atoms with van der Waals surface area (Å²) < 4.78 is 0. The summed E-state index contributed by atoms with van der Waals surface area (Å²) in [5.74, 6) is 0. The first-order valence-electron chi connectivity index (χ1n) is 5.94. The van der Waals surface area contributed by atoms with Gasteiger partial charge in [-0.25, -0.2) is 0 Å². The molecule has 2 heteroatoms. The molecule has 0 spiro atoms. The van der Waals surface area contributed by atoms with Gasteiger partial charge in [-0.15, -0.1) is 0 Å². The molecular weight excluding hydrogens is 198 g/mol. The van der Waals surface area contributed by atoms with Crippen molar-refractivity contribution >= 4 is 10.9 Å². The fraction of sp³-hybridized carbons (Fsp3) is 0.429. The Bertz CT molecular complexity index is 517. The van der Waals surface area contributed by atoms with Gasteiger partial charge in [-0.1, -0.05) is 12.5 Å². The average molecular weight is 215 g/mol. The van der Waals surface area contributed by atoms with Crippen molar-refractivity contribution in [2.75, 3.05) is 6.61 Å². The highest BCUT2D eigenvalue weighted by Crippen LogP contribution is 2.44. The molecule has 2 N–H and O–H groups in total. The molecule has 0 amide bonds. The molecule has 16 heavy (non-hydrogen) atoms. The maximum atomic E-state index is 9.57. The SMILES string of the molecule is Cc1c[nH]c2ccc(C3(CO)CCC3)cc12. The lowest BCUT2D eigenvalue weighted by atomic mass is 9.65. The average Bonchev–Trinajstić information content (AvgIpc) is 2.60. The molecule has 1 aromatic carbocycles. The number of benzene rings is 1. The first-order chi connectivity index (χ1) is 7.75. The number of hydrogen-bond acceptors (Lipinski definition) is 1. The number of aryl methyl sites for hydroxylation is 1. The second-order valence-electron chi connectivity index (χ2n) is 5.02. The Kier molecular flexibility index (Phi) is 2.08. The van der Waals surface area contributed by atoms with Crippen LogP contribution < -0.4 is 0 Å². The summed E-state index contributed by atoms with van der Waals surface area (Å²) in [5.41, 5.74) is 3.83. The van der Waals surface area contributed by atoms with E-state index in [1.165, 1.54) is 28.5 Å². The first-order valence-corrected chi connectivity index (χ1v) is 5.94. The third-order valence-corrected chi connectivity index (χ3v) is 4.11. The van der Waals surface area contributed by atoms with Gasteiger partial charge in [-0.05, 0) is 43.0 Å². The first kappa shape index (κ1) is 9.91. The lowest BCUT2D eigenvalue weighted by Crippen LogP contribution is -2.37. The molecule has 0 atom stereocenters. The molecule has 0 saturated heterocycles. The second-order valence-corrected chi connectivity index (χ2v) is 5.02. The van der Waals surface area contributed by atoms with Crippen LogP contribution >= 0.6 is 0 Å². The van der Waals surface area contributed by atoms with Crippen LogP contribution in [-0.2, 0) is 5.41 Å². The molecule has 0 aliphatic heterocycles. The number of hydrogen-bond donors (Lipinski definition) is 2. The zero-order valence-corrected chi connectivity index (χ0v) is 9.59. The second kappa shape index (κ2) is 3.36. The van der Waals surface area contributed by atoms with E-state index in [0.717, 1.165) is 12.8 Å². The minimum absolute atomic E-state index is 0.0535. The zero-order valence-electron chi connectivity index (χ0n) is 9.59. The lowest BCUT2D eigenvalue weighted by molar-refractivity contribution is 0.120. The van der Waals surface area contributed by atoms with Crippen LogP contribution in [-0.4, -0.2) is 16.7 Å². The van der Waals surface area contributed by atoms with Gasteiger partial charge in [0.1, 0.15) is 0 Å². The van der Waals surface area contributed by atoms with E-state index in [1.807, 2.05) is 6.20 Å². The van der Waals surface area contributed by atoms with Gasteiger partial charge in [-0.3, -0.25) is 0 Å². The van der Waals surface area contributed by atoms with Crippen molar-refractivity contribution in [1.82, 2.24) is 4.98 Å². The van der Waals surface area contributed by atoms with Crippen LogP contribution in [0.2, 0.25) is 0 Å². The predicted molar refractivity (Wildman–Crippen MR) is 65.7 cm³/mol. The van der Waals surface area contributed by atoms with Gasteiger partial charge < -0.3 is 10.1 Å². The number of aliphatic hydroxyl groups excluding tert-OH is 1. The van der Waals surface area contributed by atoms with Gasteiger partial charge in [0.15, 0.2) is 0 Å². The van der Waals surface area contributed by atoms with Gasteiger partial charge in [0, 0.05) is 22.5 Å². The molecule has 1 heterocycles. The van der Waals surface area contributed by atoms with Gasteiger partial charge in [0.25, 0.3) is 0 Å². The fourth-order valence-electron chi connectivity index (χ4n) is 2.73. The van der Waals surface area contributed by atoms with E-state index in [0.29, 0.717) is 0 Å². The summed E-state index contributed by atoms with van der Waals surface area (Å²) in [6.45, 7) is 2.40. The van der Waals surface area contributed by atoms with Crippen molar-refractivity contribution in [3.63, 3.8) is 0 Å². The summed E-state index contributed by atoms with van der Waals surface area (Å²) in [7, 11) is 0. The zero-order chi connectivity index (χ0) is 11.2. The molecule has 1 fully saturated rings. The van der Waals surface area contributed by atoms with Crippen molar-refractivity contribution in [2.45, 2.75) is 31.6 Å². The summed E-state index contributed by atoms with van der Waals surface area (Å²) in [4.78, 5) is 3.26. The van der Waals surface area contributed by atoms with Gasteiger partial charge >= 0.3 is 0 Å². The number of aliphatic hydroxyl groups is 1. The van der Waals surface area contributed by atoms with Gasteiger partial charge in [-0.2, -0.15) is 0 Å². The van der Waals surface area contributed by atoms with E-state index in [1.54, 1.807) is 0 Å². The van der Waals surface area contributed by atoms with Crippen LogP contribution in [0, 0.1) is 6.92 Å². The molecule has 1 aliphatic rings. The largest absolute Gasteiger partial charge is 0.395 e. The minimum atomic E-state index is 0.0535. The van der Waals surface area contributed by atoms with E-state index in [4.69, 9.17) is 0 Å². The van der Waals surface area contributed by atoms with E-state index in [-0.39, 0.29) is 12.0 Å². The molecule has 0 radical (unpaired) electrons. The van der Waals surface area contributed by atoms with Gasteiger partial charge in [0.2, 0.25) is 0 Å². The molecule has 2 nitrogen and oxygen atoms in total. The third kappa shape index (κ3) is 1.23. The molecule has 1 aliphatic carbocycles. The summed E-state index contributed by atoms with van der Waals surface area (Å²) in [6, 6.07) is 6.54. The smallest absolute Gasteiger partial charge is 0.0527 e. The molecular formula is C14H17NO. The molecule has 2 aromatic rings. The normalized spacial score (nSPS) is 18.6. The van der Waals surface area contributed by atoms with Crippen molar-refractivity contribution in [2.24, 2.45) is 0 Å². The number of aromatic nitrogens is 1. The Hall–Kier alpha value is -1.28. The molecule has 0 bridgehead atoms. The fourth-order valence-corrected chi connectivity index (χ4v) is 2.73. The van der Waals surface area contributed by atoms with Crippen molar-refractivity contribution in [1.29, 1.82) is 0 Å². The van der Waals surface area contributed by atoms with Crippen LogP contribution in [0.15, 0.2) is 24.4 Å². The minimum Gasteiger partial charge on any atom is -0.395 e. The number of H-pyrrole nitrogens is 1. The lowest BCUT2D eigenvalue weighted by Gasteiger charge is -2.41. The Morgan fingerprint density at radius 2 is 2.19 bits per heavy atom. The number of nitrogens with one attached hydrogen (secondary N) is 1. The molecule has 0 unspecified atom stereocenters. The molecule has 3 rings (SSSR count).